The molecular formula is C22H26ClFN6O2S. The summed E-state index contributed by atoms with van der Waals surface area (Å²) in [5, 5.41) is 3.74. The van der Waals surface area contributed by atoms with E-state index in [0.29, 0.717) is 34.5 Å². The highest BCUT2D eigenvalue weighted by Gasteiger charge is 2.17. The van der Waals surface area contributed by atoms with Gasteiger partial charge in [0, 0.05) is 43.8 Å². The van der Waals surface area contributed by atoms with Gasteiger partial charge in [-0.25, -0.2) is 22.8 Å². The number of rotatable bonds is 7. The van der Waals surface area contributed by atoms with Crippen LogP contribution in [0.3, 0.4) is 0 Å². The molecule has 1 fully saturated rings. The molecule has 1 aromatic heterocycles. The van der Waals surface area contributed by atoms with Gasteiger partial charge in [-0.1, -0.05) is 11.6 Å². The predicted octanol–water partition coefficient (Wildman–Crippen LogP) is 3.33. The summed E-state index contributed by atoms with van der Waals surface area (Å²) in [5.74, 6) is -0.0516. The molecular weight excluding hydrogens is 467 g/mol. The zero-order valence-electron chi connectivity index (χ0n) is 18.5. The third-order valence-corrected chi connectivity index (χ3v) is 6.51. The Balaban J connectivity index is 1.66. The zero-order valence-corrected chi connectivity index (χ0v) is 20.0. The van der Waals surface area contributed by atoms with Crippen molar-refractivity contribution in [2.45, 2.75) is 6.42 Å². The fraction of sp³-hybridized carbons (Fsp3) is 0.364. The summed E-state index contributed by atoms with van der Waals surface area (Å²) in [6.07, 6.45) is 3.24. The average molecular weight is 493 g/mol. The molecule has 0 radical (unpaired) electrons. The number of nitrogens with one attached hydrogen (secondary N) is 2. The van der Waals surface area contributed by atoms with Crippen LogP contribution in [0, 0.1) is 5.82 Å². The molecule has 0 saturated carbocycles. The smallest absolute Gasteiger partial charge is 0.229 e. The molecule has 33 heavy (non-hydrogen) atoms. The number of halogens is 2. The van der Waals surface area contributed by atoms with Crippen molar-refractivity contribution >= 4 is 49.7 Å². The van der Waals surface area contributed by atoms with Gasteiger partial charge < -0.3 is 15.1 Å². The molecule has 0 unspecified atom stereocenters. The minimum absolute atomic E-state index is 0.0102. The van der Waals surface area contributed by atoms with Gasteiger partial charge >= 0.3 is 0 Å². The first-order valence-electron chi connectivity index (χ1n) is 10.6. The Morgan fingerprint density at radius 3 is 2.58 bits per heavy atom. The van der Waals surface area contributed by atoms with E-state index in [2.05, 4.69) is 36.9 Å². The molecule has 3 aromatic rings. The molecule has 1 saturated heterocycles. The molecule has 1 aliphatic heterocycles. The number of piperazine rings is 1. The maximum absolute atomic E-state index is 13.5. The summed E-state index contributed by atoms with van der Waals surface area (Å²) in [7, 11) is -1.38. The standard InChI is InChI=1S/C22H26ClFN6O2S/c1-29-7-9-30(10-8-29)6-5-15-11-21-17(13-20(15)28-33(2,31)32)22(26-14-25-21)27-16-3-4-19(24)18(23)12-16/h3-4,11-14,28H,5-10H2,1-2H3,(H,25,26,27). The van der Waals surface area contributed by atoms with Gasteiger partial charge in [0.1, 0.15) is 18.0 Å². The van der Waals surface area contributed by atoms with Crippen LogP contribution in [-0.4, -0.2) is 74.2 Å². The van der Waals surface area contributed by atoms with Gasteiger partial charge in [0.25, 0.3) is 0 Å². The number of likely N-dealkylation sites (N-methyl/N-ethyl adjacent to an activating group) is 1. The highest BCUT2D eigenvalue weighted by Crippen LogP contribution is 2.30. The van der Waals surface area contributed by atoms with Crippen molar-refractivity contribution in [2.24, 2.45) is 0 Å². The van der Waals surface area contributed by atoms with Gasteiger partial charge in [0.2, 0.25) is 10.0 Å². The van der Waals surface area contributed by atoms with Crippen LogP contribution in [0.1, 0.15) is 5.56 Å². The summed E-state index contributed by atoms with van der Waals surface area (Å²) in [6.45, 7) is 4.82. The van der Waals surface area contributed by atoms with Crippen LogP contribution in [0.15, 0.2) is 36.7 Å². The molecule has 0 bridgehead atoms. The molecule has 0 atom stereocenters. The number of hydrogen-bond acceptors (Lipinski definition) is 7. The van der Waals surface area contributed by atoms with Crippen molar-refractivity contribution in [3.8, 4) is 0 Å². The van der Waals surface area contributed by atoms with Crippen LogP contribution in [0.25, 0.3) is 10.9 Å². The van der Waals surface area contributed by atoms with E-state index in [1.54, 1.807) is 12.1 Å². The number of benzene rings is 2. The summed E-state index contributed by atoms with van der Waals surface area (Å²) >= 11 is 5.89. The normalized spacial score (nSPS) is 15.6. The van der Waals surface area contributed by atoms with Crippen LogP contribution in [0.5, 0.6) is 0 Å². The van der Waals surface area contributed by atoms with E-state index in [9.17, 15) is 12.8 Å². The molecule has 0 spiro atoms. The largest absolute Gasteiger partial charge is 0.340 e. The number of hydrogen-bond donors (Lipinski definition) is 2. The number of anilines is 3. The van der Waals surface area contributed by atoms with Crippen molar-refractivity contribution < 1.29 is 12.8 Å². The van der Waals surface area contributed by atoms with Crippen LogP contribution in [0.4, 0.5) is 21.6 Å². The molecule has 4 rings (SSSR count). The maximum Gasteiger partial charge on any atom is 0.229 e. The summed E-state index contributed by atoms with van der Waals surface area (Å²) in [4.78, 5) is 13.4. The lowest BCUT2D eigenvalue weighted by atomic mass is 10.1. The predicted molar refractivity (Wildman–Crippen MR) is 130 cm³/mol. The van der Waals surface area contributed by atoms with Gasteiger partial charge in [0.15, 0.2) is 0 Å². The minimum atomic E-state index is -3.49. The molecule has 2 aromatic carbocycles. The van der Waals surface area contributed by atoms with Crippen molar-refractivity contribution in [3.05, 3.63) is 53.1 Å². The topological polar surface area (TPSA) is 90.5 Å². The molecule has 11 heteroatoms. The van der Waals surface area contributed by atoms with E-state index in [1.165, 1.54) is 18.5 Å². The van der Waals surface area contributed by atoms with Gasteiger partial charge in [-0.15, -0.1) is 0 Å². The van der Waals surface area contributed by atoms with Gasteiger partial charge in [-0.2, -0.15) is 0 Å². The Morgan fingerprint density at radius 1 is 1.12 bits per heavy atom. The second kappa shape index (κ2) is 9.76. The van der Waals surface area contributed by atoms with Crippen molar-refractivity contribution in [1.82, 2.24) is 19.8 Å². The number of nitrogens with zero attached hydrogens (tertiary/aromatic N) is 4. The van der Waals surface area contributed by atoms with Crippen LogP contribution in [-0.2, 0) is 16.4 Å². The Labute approximate surface area is 197 Å². The van der Waals surface area contributed by atoms with E-state index in [1.807, 2.05) is 6.07 Å². The SMILES string of the molecule is CN1CCN(CCc2cc3ncnc(Nc4ccc(F)c(Cl)c4)c3cc2NS(C)(=O)=O)CC1. The quantitative estimate of drug-likeness (QED) is 0.522. The molecule has 2 heterocycles. The highest BCUT2D eigenvalue weighted by molar-refractivity contribution is 7.92. The van der Waals surface area contributed by atoms with E-state index < -0.39 is 15.8 Å². The minimum Gasteiger partial charge on any atom is -0.340 e. The Morgan fingerprint density at radius 2 is 1.88 bits per heavy atom. The second-order valence-corrected chi connectivity index (χ2v) is 10.4. The first-order chi connectivity index (χ1) is 15.7. The fourth-order valence-corrected chi connectivity index (χ4v) is 4.58. The van der Waals surface area contributed by atoms with Crippen molar-refractivity contribution in [1.29, 1.82) is 0 Å². The Hall–Kier alpha value is -2.53. The van der Waals surface area contributed by atoms with Gasteiger partial charge in [0.05, 0.1) is 22.5 Å². The first-order valence-corrected chi connectivity index (χ1v) is 12.8. The van der Waals surface area contributed by atoms with Crippen LogP contribution in [0.2, 0.25) is 5.02 Å². The van der Waals surface area contributed by atoms with E-state index in [-0.39, 0.29) is 5.02 Å². The highest BCUT2D eigenvalue weighted by atomic mass is 35.5. The Bertz CT molecular complexity index is 1270. The van der Waals surface area contributed by atoms with Crippen molar-refractivity contribution in [3.63, 3.8) is 0 Å². The fourth-order valence-electron chi connectivity index (χ4n) is 3.81. The maximum atomic E-state index is 13.5. The molecule has 0 aliphatic carbocycles. The van der Waals surface area contributed by atoms with E-state index in [4.69, 9.17) is 11.6 Å². The molecule has 8 nitrogen and oxygen atoms in total. The van der Waals surface area contributed by atoms with Crippen LogP contribution < -0.4 is 10.0 Å². The number of fused-ring (bicyclic) bond motifs is 1. The molecule has 0 amide bonds. The van der Waals surface area contributed by atoms with E-state index >= 15 is 0 Å². The van der Waals surface area contributed by atoms with Gasteiger partial charge in [-0.3, -0.25) is 4.72 Å². The zero-order chi connectivity index (χ0) is 23.6. The number of sulfonamides is 1. The lowest BCUT2D eigenvalue weighted by Gasteiger charge is -2.32. The molecule has 2 N–H and O–H groups in total. The first kappa shape index (κ1) is 23.6. The lowest BCUT2D eigenvalue weighted by molar-refractivity contribution is 0.155. The molecule has 176 valence electrons. The monoisotopic (exact) mass is 492 g/mol. The summed E-state index contributed by atoms with van der Waals surface area (Å²) < 4.78 is 40.3. The average Bonchev–Trinajstić information content (AvgIpc) is 2.75. The number of aromatic nitrogens is 2. The van der Waals surface area contributed by atoms with Crippen molar-refractivity contribution in [2.75, 3.05) is 56.1 Å². The van der Waals surface area contributed by atoms with E-state index in [0.717, 1.165) is 44.5 Å². The summed E-state index contributed by atoms with van der Waals surface area (Å²) in [5.41, 5.74) is 2.58. The third-order valence-electron chi connectivity index (χ3n) is 5.63. The lowest BCUT2D eigenvalue weighted by Crippen LogP contribution is -2.45. The van der Waals surface area contributed by atoms with Gasteiger partial charge in [-0.05, 0) is 49.4 Å². The molecule has 1 aliphatic rings. The third kappa shape index (κ3) is 6.08. The second-order valence-electron chi connectivity index (χ2n) is 8.27. The summed E-state index contributed by atoms with van der Waals surface area (Å²) in [6, 6.07) is 7.91. The van der Waals surface area contributed by atoms with Crippen LogP contribution >= 0.6 is 11.6 Å². The Kier molecular flexibility index (Phi) is 6.99.